The van der Waals surface area contributed by atoms with Gasteiger partial charge in [0.1, 0.15) is 23.8 Å². The van der Waals surface area contributed by atoms with Crippen molar-refractivity contribution in [2.24, 2.45) is 0 Å². The Morgan fingerprint density at radius 3 is 2.78 bits per heavy atom. The third kappa shape index (κ3) is 3.89. The molecule has 0 amide bonds. The summed E-state index contributed by atoms with van der Waals surface area (Å²) in [5.41, 5.74) is 0.686. The van der Waals surface area contributed by atoms with E-state index in [4.69, 9.17) is 11.6 Å². The van der Waals surface area contributed by atoms with Crippen molar-refractivity contribution in [3.05, 3.63) is 41.4 Å². The third-order valence-electron chi connectivity index (χ3n) is 4.06. The fourth-order valence-electron chi connectivity index (χ4n) is 2.71. The first-order chi connectivity index (χ1) is 11.1. The molecule has 0 spiro atoms. The van der Waals surface area contributed by atoms with Crippen LogP contribution in [0.5, 0.6) is 0 Å². The monoisotopic (exact) mass is 335 g/mol. The lowest BCUT2D eigenvalue weighted by atomic mass is 10.1. The Balaban J connectivity index is 1.75. The Morgan fingerprint density at radius 2 is 2.04 bits per heavy atom. The van der Waals surface area contributed by atoms with E-state index in [0.29, 0.717) is 17.5 Å². The van der Waals surface area contributed by atoms with Crippen LogP contribution in [-0.2, 0) is 0 Å². The number of piperidine rings is 1. The van der Waals surface area contributed by atoms with E-state index in [1.54, 1.807) is 6.07 Å². The molecule has 1 aliphatic rings. The van der Waals surface area contributed by atoms with Crippen LogP contribution in [0.25, 0.3) is 0 Å². The predicted octanol–water partition coefficient (Wildman–Crippen LogP) is 3.20. The molecular formula is C16H19ClFN5. The van der Waals surface area contributed by atoms with Crippen molar-refractivity contribution in [2.75, 3.05) is 30.4 Å². The van der Waals surface area contributed by atoms with Crippen LogP contribution in [0, 0.1) is 5.82 Å². The second-order valence-corrected chi connectivity index (χ2v) is 6.01. The zero-order valence-corrected chi connectivity index (χ0v) is 13.6. The molecule has 1 saturated heterocycles. The Morgan fingerprint density at radius 1 is 1.26 bits per heavy atom. The van der Waals surface area contributed by atoms with Gasteiger partial charge in [-0.2, -0.15) is 0 Å². The zero-order chi connectivity index (χ0) is 16.2. The van der Waals surface area contributed by atoms with Crippen molar-refractivity contribution < 1.29 is 4.39 Å². The second-order valence-electron chi connectivity index (χ2n) is 5.61. The minimum Gasteiger partial charge on any atom is -0.356 e. The van der Waals surface area contributed by atoms with Crippen LogP contribution in [0.1, 0.15) is 12.8 Å². The maximum absolute atomic E-state index is 13.2. The number of benzene rings is 1. The highest BCUT2D eigenvalue weighted by Gasteiger charge is 2.19. The molecule has 0 unspecified atom stereocenters. The van der Waals surface area contributed by atoms with Crippen molar-refractivity contribution in [1.82, 2.24) is 15.3 Å². The average Bonchev–Trinajstić information content (AvgIpc) is 2.58. The summed E-state index contributed by atoms with van der Waals surface area (Å²) in [6, 6.07) is 6.85. The first-order valence-electron chi connectivity index (χ1n) is 7.61. The van der Waals surface area contributed by atoms with E-state index in [1.165, 1.54) is 18.5 Å². The highest BCUT2D eigenvalue weighted by Crippen LogP contribution is 2.24. The van der Waals surface area contributed by atoms with Gasteiger partial charge in [0.15, 0.2) is 0 Å². The molecule has 1 aromatic heterocycles. The van der Waals surface area contributed by atoms with E-state index in [-0.39, 0.29) is 5.02 Å². The highest BCUT2D eigenvalue weighted by atomic mass is 35.5. The summed E-state index contributed by atoms with van der Waals surface area (Å²) < 4.78 is 13.2. The van der Waals surface area contributed by atoms with E-state index < -0.39 is 5.82 Å². The molecule has 0 bridgehead atoms. The van der Waals surface area contributed by atoms with Crippen LogP contribution in [0.4, 0.5) is 21.7 Å². The van der Waals surface area contributed by atoms with E-state index in [1.807, 2.05) is 6.07 Å². The lowest BCUT2D eigenvalue weighted by Gasteiger charge is -2.32. The first-order valence-corrected chi connectivity index (χ1v) is 7.99. The molecule has 1 fully saturated rings. The molecular weight excluding hydrogens is 317 g/mol. The second kappa shape index (κ2) is 7.10. The minimum atomic E-state index is -0.439. The molecule has 0 saturated carbocycles. The molecule has 122 valence electrons. The van der Waals surface area contributed by atoms with Gasteiger partial charge in [0.05, 0.1) is 5.02 Å². The predicted molar refractivity (Wildman–Crippen MR) is 91.0 cm³/mol. The fourth-order valence-corrected chi connectivity index (χ4v) is 2.89. The molecule has 0 atom stereocenters. The number of rotatable bonds is 4. The minimum absolute atomic E-state index is 0.0797. The van der Waals surface area contributed by atoms with Crippen molar-refractivity contribution in [1.29, 1.82) is 0 Å². The number of hydrogen-bond donors (Lipinski definition) is 2. The van der Waals surface area contributed by atoms with E-state index in [0.717, 1.165) is 31.7 Å². The Labute approximate surface area is 139 Å². The summed E-state index contributed by atoms with van der Waals surface area (Å²) in [5, 5.41) is 6.57. The zero-order valence-electron chi connectivity index (χ0n) is 12.9. The van der Waals surface area contributed by atoms with Gasteiger partial charge in [-0.3, -0.25) is 0 Å². The lowest BCUT2D eigenvalue weighted by Crippen LogP contribution is -2.41. The molecule has 7 heteroatoms. The van der Waals surface area contributed by atoms with Gasteiger partial charge in [-0.05, 0) is 44.1 Å². The standard InChI is InChI=1S/C16H19ClFN5/c1-23(12-4-6-19-7-5-12)16-9-15(20-10-21-16)22-11-2-3-14(18)13(17)8-11/h2-3,8-10,12,19H,4-7H2,1H3,(H,20,21,22). The molecule has 1 aliphatic heterocycles. The molecule has 0 radical (unpaired) electrons. The van der Waals surface area contributed by atoms with Crippen LogP contribution in [0.15, 0.2) is 30.6 Å². The average molecular weight is 336 g/mol. The van der Waals surface area contributed by atoms with Crippen LogP contribution in [0.3, 0.4) is 0 Å². The summed E-state index contributed by atoms with van der Waals surface area (Å²) in [6.45, 7) is 2.05. The van der Waals surface area contributed by atoms with Gasteiger partial charge in [-0.1, -0.05) is 11.6 Å². The number of anilines is 3. The van der Waals surface area contributed by atoms with Gasteiger partial charge in [0.2, 0.25) is 0 Å². The van der Waals surface area contributed by atoms with Gasteiger partial charge in [0, 0.05) is 24.8 Å². The number of nitrogens with zero attached hydrogens (tertiary/aromatic N) is 3. The number of nitrogens with one attached hydrogen (secondary N) is 2. The molecule has 2 aromatic rings. The van der Waals surface area contributed by atoms with Gasteiger partial charge < -0.3 is 15.5 Å². The topological polar surface area (TPSA) is 53.1 Å². The van der Waals surface area contributed by atoms with Crippen molar-refractivity contribution in [3.8, 4) is 0 Å². The SMILES string of the molecule is CN(c1cc(Nc2ccc(F)c(Cl)c2)ncn1)C1CCNCC1. The van der Waals surface area contributed by atoms with Gasteiger partial charge in [-0.15, -0.1) is 0 Å². The van der Waals surface area contributed by atoms with Crippen LogP contribution in [0.2, 0.25) is 5.02 Å². The molecule has 0 aliphatic carbocycles. The van der Waals surface area contributed by atoms with Crippen molar-refractivity contribution >= 4 is 28.9 Å². The number of halogens is 2. The van der Waals surface area contributed by atoms with Crippen LogP contribution in [-0.4, -0.2) is 36.1 Å². The Kier molecular flexibility index (Phi) is 4.93. The Hall–Kier alpha value is -1.92. The maximum atomic E-state index is 13.2. The lowest BCUT2D eigenvalue weighted by molar-refractivity contribution is 0.441. The first kappa shape index (κ1) is 16.0. The summed E-state index contributed by atoms with van der Waals surface area (Å²) >= 11 is 5.80. The molecule has 3 rings (SSSR count). The maximum Gasteiger partial charge on any atom is 0.141 e. The molecule has 2 heterocycles. The fraction of sp³-hybridized carbons (Fsp3) is 0.375. The van der Waals surface area contributed by atoms with E-state index in [2.05, 4.69) is 32.5 Å². The third-order valence-corrected chi connectivity index (χ3v) is 4.35. The molecule has 23 heavy (non-hydrogen) atoms. The number of aromatic nitrogens is 2. The van der Waals surface area contributed by atoms with E-state index in [9.17, 15) is 4.39 Å². The number of hydrogen-bond acceptors (Lipinski definition) is 5. The normalized spacial score (nSPS) is 15.4. The summed E-state index contributed by atoms with van der Waals surface area (Å²) in [4.78, 5) is 10.8. The van der Waals surface area contributed by atoms with Crippen LogP contribution < -0.4 is 15.5 Å². The smallest absolute Gasteiger partial charge is 0.141 e. The van der Waals surface area contributed by atoms with Gasteiger partial charge in [0.25, 0.3) is 0 Å². The van der Waals surface area contributed by atoms with Crippen molar-refractivity contribution in [3.63, 3.8) is 0 Å². The van der Waals surface area contributed by atoms with Crippen molar-refractivity contribution in [2.45, 2.75) is 18.9 Å². The molecule has 2 N–H and O–H groups in total. The quantitative estimate of drug-likeness (QED) is 0.898. The Bertz CT molecular complexity index is 675. The highest BCUT2D eigenvalue weighted by molar-refractivity contribution is 6.31. The summed E-state index contributed by atoms with van der Waals surface area (Å²) in [7, 11) is 2.05. The summed E-state index contributed by atoms with van der Waals surface area (Å²) in [6.07, 6.45) is 3.72. The van der Waals surface area contributed by atoms with E-state index >= 15 is 0 Å². The molecule has 1 aromatic carbocycles. The summed E-state index contributed by atoms with van der Waals surface area (Å²) in [5.74, 6) is 1.08. The van der Waals surface area contributed by atoms with Gasteiger partial charge in [-0.25, -0.2) is 14.4 Å². The largest absolute Gasteiger partial charge is 0.356 e. The molecule has 5 nitrogen and oxygen atoms in total. The van der Waals surface area contributed by atoms with Gasteiger partial charge >= 0.3 is 0 Å². The van der Waals surface area contributed by atoms with Crippen LogP contribution >= 0.6 is 11.6 Å².